The van der Waals surface area contributed by atoms with Gasteiger partial charge < -0.3 is 15.8 Å². The van der Waals surface area contributed by atoms with Gasteiger partial charge in [0.2, 0.25) is 0 Å². The fourth-order valence-electron chi connectivity index (χ4n) is 3.53. The van der Waals surface area contributed by atoms with E-state index in [0.29, 0.717) is 21.1 Å². The molecule has 0 bridgehead atoms. The minimum absolute atomic E-state index is 0.269. The van der Waals surface area contributed by atoms with Crippen LogP contribution in [0, 0.1) is 6.92 Å². The number of fused-ring (bicyclic) bond motifs is 1. The first kappa shape index (κ1) is 23.9. The van der Waals surface area contributed by atoms with E-state index in [1.54, 1.807) is 13.8 Å². The summed E-state index contributed by atoms with van der Waals surface area (Å²) >= 11 is 2.54. The third-order valence-electron chi connectivity index (χ3n) is 5.34. The molecule has 3 heterocycles. The number of nitrogen functional groups attached to an aromatic ring is 1. The molecule has 0 unspecified atom stereocenters. The number of carbonyl (C=O) groups is 2. The number of rotatable bonds is 6. The number of carbonyl (C=O) groups excluding carboxylic acids is 2. The van der Waals surface area contributed by atoms with Gasteiger partial charge in [0.25, 0.3) is 5.91 Å². The number of aromatic nitrogens is 1. The molecule has 3 N–H and O–H groups in total. The maximum Gasteiger partial charge on any atom is 0.342 e. The number of hydrogen-bond donors (Lipinski definition) is 2. The fraction of sp³-hybridized carbons (Fsp3) is 0.269. The van der Waals surface area contributed by atoms with Gasteiger partial charge in [0, 0.05) is 22.0 Å². The van der Waals surface area contributed by atoms with Crippen LogP contribution in [0.25, 0.3) is 21.3 Å². The first-order valence-corrected chi connectivity index (χ1v) is 12.7. The SMILES string of the molecule is Cc1ccc(-c2csc(NC(=O)c3sc4nc(C(C)C)ccc4c3N)c2C(=O)OC(C)C)cc1. The largest absolute Gasteiger partial charge is 0.459 e. The molecular weight excluding hydrogens is 466 g/mol. The molecule has 0 aliphatic heterocycles. The second kappa shape index (κ2) is 9.56. The van der Waals surface area contributed by atoms with Crippen molar-refractivity contribution in [2.24, 2.45) is 0 Å². The summed E-state index contributed by atoms with van der Waals surface area (Å²) in [5.41, 5.74) is 10.7. The maximum atomic E-state index is 13.3. The molecule has 6 nitrogen and oxygen atoms in total. The number of nitrogens with two attached hydrogens (primary N) is 1. The van der Waals surface area contributed by atoms with Crippen molar-refractivity contribution in [1.82, 2.24) is 4.98 Å². The molecule has 4 aromatic rings. The Balaban J connectivity index is 1.72. The van der Waals surface area contributed by atoms with E-state index >= 15 is 0 Å². The summed E-state index contributed by atoms with van der Waals surface area (Å²) in [6.45, 7) is 9.73. The van der Waals surface area contributed by atoms with Crippen molar-refractivity contribution < 1.29 is 14.3 Å². The summed E-state index contributed by atoms with van der Waals surface area (Å²) in [6, 6.07) is 11.7. The number of thiophene rings is 2. The Labute approximate surface area is 206 Å². The summed E-state index contributed by atoms with van der Waals surface area (Å²) in [6.07, 6.45) is -0.290. The van der Waals surface area contributed by atoms with E-state index < -0.39 is 5.97 Å². The van der Waals surface area contributed by atoms with Crippen molar-refractivity contribution in [2.75, 3.05) is 11.1 Å². The van der Waals surface area contributed by atoms with Crippen molar-refractivity contribution in [3.8, 4) is 11.1 Å². The highest BCUT2D eigenvalue weighted by Crippen LogP contribution is 2.38. The molecule has 4 rings (SSSR count). The zero-order valence-electron chi connectivity index (χ0n) is 19.8. The number of esters is 1. The second-order valence-electron chi connectivity index (χ2n) is 8.72. The van der Waals surface area contributed by atoms with E-state index in [2.05, 4.69) is 24.1 Å². The van der Waals surface area contributed by atoms with Gasteiger partial charge in [-0.25, -0.2) is 9.78 Å². The van der Waals surface area contributed by atoms with Crippen LogP contribution in [0.4, 0.5) is 10.7 Å². The van der Waals surface area contributed by atoms with Crippen molar-refractivity contribution in [3.05, 3.63) is 63.5 Å². The summed E-state index contributed by atoms with van der Waals surface area (Å²) < 4.78 is 5.50. The molecule has 0 aliphatic rings. The van der Waals surface area contributed by atoms with Crippen molar-refractivity contribution in [2.45, 2.75) is 46.6 Å². The van der Waals surface area contributed by atoms with E-state index in [1.807, 2.05) is 48.7 Å². The average Bonchev–Trinajstić information content (AvgIpc) is 3.34. The summed E-state index contributed by atoms with van der Waals surface area (Å²) in [5.74, 6) is -0.581. The highest BCUT2D eigenvalue weighted by Gasteiger charge is 2.26. The first-order valence-electron chi connectivity index (χ1n) is 11.1. The van der Waals surface area contributed by atoms with E-state index in [1.165, 1.54) is 22.7 Å². The third-order valence-corrected chi connectivity index (χ3v) is 7.35. The Morgan fingerprint density at radius 3 is 2.41 bits per heavy atom. The molecule has 0 atom stereocenters. The number of nitrogens with zero attached hydrogens (tertiary/aromatic N) is 1. The lowest BCUT2D eigenvalue weighted by atomic mass is 10.0. The minimum atomic E-state index is -0.477. The smallest absolute Gasteiger partial charge is 0.342 e. The zero-order valence-corrected chi connectivity index (χ0v) is 21.4. The number of ether oxygens (including phenoxy) is 1. The molecular formula is C26H27N3O3S2. The highest BCUT2D eigenvalue weighted by atomic mass is 32.1. The number of nitrogens with one attached hydrogen (secondary N) is 1. The predicted octanol–water partition coefficient (Wildman–Crippen LogP) is 6.86. The Morgan fingerprint density at radius 2 is 1.76 bits per heavy atom. The Hall–Kier alpha value is -3.23. The fourth-order valence-corrected chi connectivity index (χ4v) is 5.48. The minimum Gasteiger partial charge on any atom is -0.459 e. The molecule has 176 valence electrons. The first-order chi connectivity index (χ1) is 16.2. The monoisotopic (exact) mass is 493 g/mol. The van der Waals surface area contributed by atoms with Crippen LogP contribution >= 0.6 is 22.7 Å². The summed E-state index contributed by atoms with van der Waals surface area (Å²) in [7, 11) is 0. The molecule has 1 aromatic carbocycles. The second-order valence-corrected chi connectivity index (χ2v) is 10.6. The normalized spacial score (nSPS) is 11.4. The van der Waals surface area contributed by atoms with Gasteiger partial charge in [0.15, 0.2) is 0 Å². The number of hydrogen-bond acceptors (Lipinski definition) is 7. The summed E-state index contributed by atoms with van der Waals surface area (Å²) in [5, 5.41) is 5.95. The van der Waals surface area contributed by atoms with E-state index in [4.69, 9.17) is 10.5 Å². The van der Waals surface area contributed by atoms with Gasteiger partial charge in [0.1, 0.15) is 20.3 Å². The van der Waals surface area contributed by atoms with Crippen molar-refractivity contribution in [3.63, 3.8) is 0 Å². The van der Waals surface area contributed by atoms with E-state index in [9.17, 15) is 9.59 Å². The molecule has 1 amide bonds. The van der Waals surface area contributed by atoms with Gasteiger partial charge in [-0.2, -0.15) is 0 Å². The molecule has 0 radical (unpaired) electrons. The predicted molar refractivity (Wildman–Crippen MR) is 141 cm³/mol. The molecule has 0 fully saturated rings. The average molecular weight is 494 g/mol. The lowest BCUT2D eigenvalue weighted by Gasteiger charge is -2.12. The Morgan fingerprint density at radius 1 is 1.06 bits per heavy atom. The molecule has 0 saturated carbocycles. The molecule has 0 saturated heterocycles. The van der Waals surface area contributed by atoms with Gasteiger partial charge >= 0.3 is 5.97 Å². The van der Waals surface area contributed by atoms with Crippen molar-refractivity contribution in [1.29, 1.82) is 0 Å². The lowest BCUT2D eigenvalue weighted by molar-refractivity contribution is 0.0380. The Kier molecular flexibility index (Phi) is 6.72. The molecule has 0 spiro atoms. The quantitative estimate of drug-likeness (QED) is 0.286. The molecule has 8 heteroatoms. The molecule has 0 aliphatic carbocycles. The van der Waals surface area contributed by atoms with Gasteiger partial charge in [0.05, 0.1) is 11.8 Å². The van der Waals surface area contributed by atoms with E-state index in [0.717, 1.165) is 32.6 Å². The van der Waals surface area contributed by atoms with Crippen molar-refractivity contribution >= 4 is 55.5 Å². The number of anilines is 2. The number of amides is 1. The van der Waals surface area contributed by atoms with Crippen LogP contribution in [0.5, 0.6) is 0 Å². The number of aryl methyl sites for hydroxylation is 1. The Bertz CT molecular complexity index is 1370. The van der Waals surface area contributed by atoms with Crippen LogP contribution in [-0.2, 0) is 4.74 Å². The standard InChI is InChI=1S/C26H27N3O3S2/c1-13(2)19-11-10-17-21(27)22(34-24(17)28-19)23(30)29-25-20(26(31)32-14(3)4)18(12-33-25)16-8-6-15(5)7-9-16/h6-14H,27H2,1-5H3,(H,29,30). The van der Waals surface area contributed by atoms with E-state index in [-0.39, 0.29) is 17.9 Å². The molecule has 34 heavy (non-hydrogen) atoms. The topological polar surface area (TPSA) is 94.3 Å². The number of benzene rings is 1. The number of pyridine rings is 1. The van der Waals surface area contributed by atoms with Crippen LogP contribution in [0.1, 0.15) is 64.9 Å². The lowest BCUT2D eigenvalue weighted by Crippen LogP contribution is -2.16. The van der Waals surface area contributed by atoms with Gasteiger partial charge in [-0.3, -0.25) is 4.79 Å². The summed E-state index contributed by atoms with van der Waals surface area (Å²) in [4.78, 5) is 32.0. The zero-order chi connectivity index (χ0) is 24.6. The van der Waals surface area contributed by atoms with Crippen LogP contribution in [0.3, 0.4) is 0 Å². The van der Waals surface area contributed by atoms with Gasteiger partial charge in [-0.05, 0) is 44.4 Å². The van der Waals surface area contributed by atoms with Gasteiger partial charge in [-0.1, -0.05) is 43.7 Å². The molecule has 3 aromatic heterocycles. The maximum absolute atomic E-state index is 13.3. The highest BCUT2D eigenvalue weighted by molar-refractivity contribution is 7.21. The van der Waals surface area contributed by atoms with Crippen LogP contribution < -0.4 is 11.1 Å². The van der Waals surface area contributed by atoms with Crippen LogP contribution in [-0.4, -0.2) is 23.0 Å². The van der Waals surface area contributed by atoms with Crippen LogP contribution in [0.2, 0.25) is 0 Å². The van der Waals surface area contributed by atoms with Crippen LogP contribution in [0.15, 0.2) is 41.8 Å². The van der Waals surface area contributed by atoms with Gasteiger partial charge in [-0.15, -0.1) is 22.7 Å². The third kappa shape index (κ3) is 4.69.